The Hall–Kier alpha value is -1.09. The molecular formula is C12H18N2O. The first-order chi connectivity index (χ1) is 7.31. The molecule has 0 spiro atoms. The van der Waals surface area contributed by atoms with E-state index in [1.165, 1.54) is 24.8 Å². The zero-order valence-electron chi connectivity index (χ0n) is 9.42. The summed E-state index contributed by atoms with van der Waals surface area (Å²) in [7, 11) is 1.65. The summed E-state index contributed by atoms with van der Waals surface area (Å²) in [5.41, 5.74) is 2.39. The van der Waals surface area contributed by atoms with Crippen LogP contribution in [0.1, 0.15) is 36.6 Å². The van der Waals surface area contributed by atoms with Gasteiger partial charge in [-0.3, -0.25) is 0 Å². The first-order valence-electron chi connectivity index (χ1n) is 5.56. The molecule has 0 unspecified atom stereocenters. The van der Waals surface area contributed by atoms with Crippen LogP contribution in [0.25, 0.3) is 0 Å². The molecule has 0 bridgehead atoms. The molecule has 1 aliphatic rings. The summed E-state index contributed by atoms with van der Waals surface area (Å²) >= 11 is 0. The third-order valence-electron chi connectivity index (χ3n) is 3.00. The van der Waals surface area contributed by atoms with Crippen molar-refractivity contribution >= 4 is 0 Å². The lowest BCUT2D eigenvalue weighted by Crippen LogP contribution is -2.27. The highest BCUT2D eigenvalue weighted by Crippen LogP contribution is 2.25. The molecule has 1 saturated heterocycles. The Balaban J connectivity index is 2.19. The van der Waals surface area contributed by atoms with Crippen molar-refractivity contribution in [2.75, 3.05) is 13.7 Å². The largest absolute Gasteiger partial charge is 0.481 e. The van der Waals surface area contributed by atoms with Crippen molar-refractivity contribution in [3.05, 3.63) is 23.4 Å². The van der Waals surface area contributed by atoms with Crippen LogP contribution in [0.15, 0.2) is 12.1 Å². The van der Waals surface area contributed by atoms with Crippen LogP contribution >= 0.6 is 0 Å². The van der Waals surface area contributed by atoms with Gasteiger partial charge in [0.2, 0.25) is 5.88 Å². The van der Waals surface area contributed by atoms with Gasteiger partial charge in [0.1, 0.15) is 0 Å². The van der Waals surface area contributed by atoms with Crippen LogP contribution in [0.2, 0.25) is 0 Å². The molecule has 15 heavy (non-hydrogen) atoms. The number of piperidine rings is 1. The zero-order chi connectivity index (χ0) is 10.7. The summed E-state index contributed by atoms with van der Waals surface area (Å²) in [4.78, 5) is 4.40. The number of hydrogen-bond acceptors (Lipinski definition) is 3. The summed E-state index contributed by atoms with van der Waals surface area (Å²) in [6, 6.07) is 4.56. The topological polar surface area (TPSA) is 34.1 Å². The number of methoxy groups -OCH3 is 1. The number of pyridine rings is 1. The maximum atomic E-state index is 5.11. The number of ether oxygens (including phenoxy) is 1. The van der Waals surface area contributed by atoms with Gasteiger partial charge in [0.25, 0.3) is 0 Å². The van der Waals surface area contributed by atoms with Gasteiger partial charge in [-0.1, -0.05) is 12.5 Å². The number of rotatable bonds is 2. The molecule has 2 heterocycles. The molecule has 1 N–H and O–H groups in total. The van der Waals surface area contributed by atoms with Crippen LogP contribution in [0.3, 0.4) is 0 Å². The minimum absolute atomic E-state index is 0.483. The van der Waals surface area contributed by atoms with Gasteiger partial charge in [-0.15, -0.1) is 0 Å². The van der Waals surface area contributed by atoms with Crippen LogP contribution in [0.5, 0.6) is 5.88 Å². The smallest absolute Gasteiger partial charge is 0.213 e. The molecule has 0 radical (unpaired) electrons. The van der Waals surface area contributed by atoms with Crippen molar-refractivity contribution in [1.29, 1.82) is 0 Å². The molecule has 0 aromatic carbocycles. The van der Waals surface area contributed by atoms with Gasteiger partial charge in [-0.2, -0.15) is 0 Å². The molecule has 1 fully saturated rings. The van der Waals surface area contributed by atoms with E-state index in [-0.39, 0.29) is 0 Å². The lowest BCUT2D eigenvalue weighted by atomic mass is 9.97. The van der Waals surface area contributed by atoms with E-state index in [0.29, 0.717) is 11.9 Å². The van der Waals surface area contributed by atoms with Crippen LogP contribution in [-0.4, -0.2) is 18.6 Å². The molecule has 3 heteroatoms. The third kappa shape index (κ3) is 2.29. The first kappa shape index (κ1) is 10.4. The fourth-order valence-corrected chi connectivity index (χ4v) is 2.15. The van der Waals surface area contributed by atoms with E-state index in [4.69, 9.17) is 4.74 Å². The Morgan fingerprint density at radius 1 is 1.40 bits per heavy atom. The van der Waals surface area contributed by atoms with E-state index < -0.39 is 0 Å². The molecule has 1 aliphatic heterocycles. The fourth-order valence-electron chi connectivity index (χ4n) is 2.15. The van der Waals surface area contributed by atoms with Crippen molar-refractivity contribution in [2.45, 2.75) is 32.2 Å². The van der Waals surface area contributed by atoms with Crippen molar-refractivity contribution in [3.63, 3.8) is 0 Å². The summed E-state index contributed by atoms with van der Waals surface area (Å²) in [5, 5.41) is 3.53. The van der Waals surface area contributed by atoms with Gasteiger partial charge in [-0.05, 0) is 31.9 Å². The minimum Gasteiger partial charge on any atom is -0.481 e. The Labute approximate surface area is 90.9 Å². The lowest BCUT2D eigenvalue weighted by molar-refractivity contribution is 0.390. The van der Waals surface area contributed by atoms with Gasteiger partial charge in [0.05, 0.1) is 7.11 Å². The Morgan fingerprint density at radius 3 is 2.87 bits per heavy atom. The molecule has 3 nitrogen and oxygen atoms in total. The second kappa shape index (κ2) is 4.62. The standard InChI is InChI=1S/C12H18N2O/c1-9-10(6-7-12(14-9)15-2)11-5-3-4-8-13-11/h6-7,11,13H,3-5,8H2,1-2H3/t11-/m1/s1. The van der Waals surface area contributed by atoms with Crippen molar-refractivity contribution in [1.82, 2.24) is 10.3 Å². The highest BCUT2D eigenvalue weighted by atomic mass is 16.5. The molecular weight excluding hydrogens is 188 g/mol. The van der Waals surface area contributed by atoms with E-state index in [1.807, 2.05) is 13.0 Å². The average Bonchev–Trinajstić information content (AvgIpc) is 2.30. The normalized spacial score (nSPS) is 21.3. The van der Waals surface area contributed by atoms with E-state index in [1.54, 1.807) is 7.11 Å². The van der Waals surface area contributed by atoms with Crippen molar-refractivity contribution in [2.24, 2.45) is 0 Å². The Bertz CT molecular complexity index is 332. The molecule has 0 saturated carbocycles. The Morgan fingerprint density at radius 2 is 2.27 bits per heavy atom. The van der Waals surface area contributed by atoms with E-state index in [0.717, 1.165) is 12.2 Å². The zero-order valence-corrected chi connectivity index (χ0v) is 9.42. The first-order valence-corrected chi connectivity index (χ1v) is 5.56. The molecule has 1 aromatic heterocycles. The maximum absolute atomic E-state index is 5.11. The van der Waals surface area contributed by atoms with Gasteiger partial charge in [0.15, 0.2) is 0 Å². The average molecular weight is 206 g/mol. The van der Waals surface area contributed by atoms with Crippen molar-refractivity contribution in [3.8, 4) is 5.88 Å². The highest BCUT2D eigenvalue weighted by molar-refractivity contribution is 5.28. The van der Waals surface area contributed by atoms with E-state index in [9.17, 15) is 0 Å². The number of aryl methyl sites for hydroxylation is 1. The van der Waals surface area contributed by atoms with Gasteiger partial charge in [0, 0.05) is 17.8 Å². The molecule has 0 aliphatic carbocycles. The van der Waals surface area contributed by atoms with Gasteiger partial charge < -0.3 is 10.1 Å². The van der Waals surface area contributed by atoms with E-state index in [2.05, 4.69) is 16.4 Å². The second-order valence-electron chi connectivity index (χ2n) is 4.03. The van der Waals surface area contributed by atoms with Crippen LogP contribution in [0.4, 0.5) is 0 Å². The van der Waals surface area contributed by atoms with Gasteiger partial charge in [-0.25, -0.2) is 4.98 Å². The quantitative estimate of drug-likeness (QED) is 0.805. The third-order valence-corrected chi connectivity index (χ3v) is 3.00. The number of nitrogens with one attached hydrogen (secondary N) is 1. The van der Waals surface area contributed by atoms with Crippen LogP contribution in [0, 0.1) is 6.92 Å². The molecule has 1 aromatic rings. The summed E-state index contributed by atoms with van der Waals surface area (Å²) < 4.78 is 5.11. The number of hydrogen-bond donors (Lipinski definition) is 1. The molecule has 82 valence electrons. The minimum atomic E-state index is 0.483. The molecule has 1 atom stereocenters. The number of aromatic nitrogens is 1. The molecule has 2 rings (SSSR count). The number of nitrogens with zero attached hydrogens (tertiary/aromatic N) is 1. The predicted molar refractivity (Wildman–Crippen MR) is 60.1 cm³/mol. The molecule has 0 amide bonds. The summed E-state index contributed by atoms with van der Waals surface area (Å²) in [6.07, 6.45) is 3.82. The maximum Gasteiger partial charge on any atom is 0.213 e. The van der Waals surface area contributed by atoms with Crippen molar-refractivity contribution < 1.29 is 4.74 Å². The summed E-state index contributed by atoms with van der Waals surface area (Å²) in [5.74, 6) is 0.701. The highest BCUT2D eigenvalue weighted by Gasteiger charge is 2.17. The SMILES string of the molecule is COc1ccc([C@H]2CCCCN2)c(C)n1. The van der Waals surface area contributed by atoms with E-state index >= 15 is 0 Å². The lowest BCUT2D eigenvalue weighted by Gasteiger charge is -2.24. The summed E-state index contributed by atoms with van der Waals surface area (Å²) in [6.45, 7) is 3.17. The monoisotopic (exact) mass is 206 g/mol. The van der Waals surface area contributed by atoms with Gasteiger partial charge >= 0.3 is 0 Å². The van der Waals surface area contributed by atoms with Crippen LogP contribution < -0.4 is 10.1 Å². The predicted octanol–water partition coefficient (Wildman–Crippen LogP) is 2.21. The Kier molecular flexibility index (Phi) is 3.21. The fraction of sp³-hybridized carbons (Fsp3) is 0.583. The second-order valence-corrected chi connectivity index (χ2v) is 4.03. The van der Waals surface area contributed by atoms with Crippen LogP contribution in [-0.2, 0) is 0 Å².